The number of hydrogen-bond donors (Lipinski definition) is 1. The second-order valence-electron chi connectivity index (χ2n) is 3.76. The third-order valence-electron chi connectivity index (χ3n) is 2.34. The van der Waals surface area contributed by atoms with E-state index in [1.807, 2.05) is 17.5 Å². The van der Waals surface area contributed by atoms with Gasteiger partial charge in [0, 0.05) is 17.6 Å². The van der Waals surface area contributed by atoms with Crippen LogP contribution in [0.25, 0.3) is 10.8 Å². The number of hydrogen-bond acceptors (Lipinski definition) is 5. The van der Waals surface area contributed by atoms with Crippen LogP contribution in [-0.4, -0.2) is 21.9 Å². The van der Waals surface area contributed by atoms with Crippen LogP contribution in [0.1, 0.15) is 19.0 Å². The molecule has 0 aromatic carbocycles. The molecule has 0 aliphatic rings. The predicted molar refractivity (Wildman–Crippen MR) is 72.3 cm³/mol. The smallest absolute Gasteiger partial charge is 0.236 e. The summed E-state index contributed by atoms with van der Waals surface area (Å²) >= 11 is 3.41. The van der Waals surface area contributed by atoms with Crippen molar-refractivity contribution >= 4 is 23.1 Å². The lowest BCUT2D eigenvalue weighted by molar-refractivity contribution is 0.289. The van der Waals surface area contributed by atoms with Crippen LogP contribution in [0.4, 0.5) is 0 Å². The average Bonchev–Trinajstić information content (AvgIpc) is 2.97. The summed E-state index contributed by atoms with van der Waals surface area (Å²) < 4.78 is 5.44. The van der Waals surface area contributed by atoms with Crippen molar-refractivity contribution in [2.24, 2.45) is 0 Å². The first-order valence-corrected chi connectivity index (χ1v) is 7.43. The van der Waals surface area contributed by atoms with E-state index in [0.29, 0.717) is 11.1 Å². The molecule has 2 aromatic rings. The largest absolute Gasteiger partial charge is 0.444 e. The zero-order valence-corrected chi connectivity index (χ0v) is 11.3. The Kier molecular flexibility index (Phi) is 4.65. The molecule has 0 aliphatic carbocycles. The summed E-state index contributed by atoms with van der Waals surface area (Å²) in [6.45, 7) is 2.36. The number of aliphatic hydroxyl groups is 1. The second-order valence-corrected chi connectivity index (χ2v) is 6.13. The third-order valence-corrected chi connectivity index (χ3v) is 4.46. The van der Waals surface area contributed by atoms with E-state index in [1.165, 1.54) is 0 Å². The molecule has 5 heteroatoms. The minimum absolute atomic E-state index is 0.243. The number of nitrogens with zero attached hydrogens (tertiary/aromatic N) is 1. The lowest BCUT2D eigenvalue weighted by Gasteiger charge is -2.06. The zero-order valence-electron chi connectivity index (χ0n) is 9.63. The summed E-state index contributed by atoms with van der Waals surface area (Å²) in [7, 11) is 0. The van der Waals surface area contributed by atoms with Gasteiger partial charge in [0.05, 0.1) is 10.6 Å². The van der Waals surface area contributed by atoms with E-state index in [0.717, 1.165) is 22.7 Å². The first-order valence-electron chi connectivity index (χ1n) is 5.50. The topological polar surface area (TPSA) is 46.3 Å². The summed E-state index contributed by atoms with van der Waals surface area (Å²) in [5, 5.41) is 11.3. The van der Waals surface area contributed by atoms with E-state index in [1.54, 1.807) is 29.4 Å². The van der Waals surface area contributed by atoms with Gasteiger partial charge in [0.2, 0.25) is 5.89 Å². The maximum absolute atomic E-state index is 8.82. The van der Waals surface area contributed by atoms with Gasteiger partial charge in [-0.3, -0.25) is 0 Å². The van der Waals surface area contributed by atoms with Gasteiger partial charge in [-0.15, -0.1) is 11.3 Å². The second kappa shape index (κ2) is 6.23. The molecular weight excluding hydrogens is 254 g/mol. The maximum atomic E-state index is 8.82. The molecule has 1 N–H and O–H groups in total. The van der Waals surface area contributed by atoms with E-state index in [2.05, 4.69) is 11.9 Å². The molecule has 0 saturated heterocycles. The summed E-state index contributed by atoms with van der Waals surface area (Å²) in [5.74, 6) is 1.53. The molecule has 2 rings (SSSR count). The Balaban J connectivity index is 1.91. The molecule has 2 aromatic heterocycles. The maximum Gasteiger partial charge on any atom is 0.236 e. The summed E-state index contributed by atoms with van der Waals surface area (Å²) in [4.78, 5) is 5.51. The molecule has 1 atom stereocenters. The number of thioether (sulfide) groups is 1. The molecule has 0 spiro atoms. The molecular formula is C12H15NO2S2. The molecule has 0 saturated carbocycles. The minimum Gasteiger partial charge on any atom is -0.444 e. The molecule has 0 bridgehead atoms. The van der Waals surface area contributed by atoms with E-state index in [-0.39, 0.29) is 6.61 Å². The van der Waals surface area contributed by atoms with Gasteiger partial charge in [0.1, 0.15) is 6.26 Å². The lowest BCUT2D eigenvalue weighted by atomic mass is 10.3. The van der Waals surface area contributed by atoms with Crippen molar-refractivity contribution in [2.75, 3.05) is 6.61 Å². The van der Waals surface area contributed by atoms with Gasteiger partial charge in [0.15, 0.2) is 0 Å². The Morgan fingerprint density at radius 2 is 2.47 bits per heavy atom. The highest BCUT2D eigenvalue weighted by molar-refractivity contribution is 7.99. The van der Waals surface area contributed by atoms with Gasteiger partial charge in [-0.25, -0.2) is 4.98 Å². The van der Waals surface area contributed by atoms with Crippen LogP contribution in [0.3, 0.4) is 0 Å². The van der Waals surface area contributed by atoms with Crippen molar-refractivity contribution < 1.29 is 9.52 Å². The molecule has 92 valence electrons. The fourth-order valence-electron chi connectivity index (χ4n) is 1.38. The lowest BCUT2D eigenvalue weighted by Crippen LogP contribution is -1.99. The molecule has 0 fully saturated rings. The van der Waals surface area contributed by atoms with Gasteiger partial charge in [-0.05, 0) is 17.9 Å². The van der Waals surface area contributed by atoms with E-state index >= 15 is 0 Å². The third kappa shape index (κ3) is 3.59. The average molecular weight is 269 g/mol. The molecule has 3 nitrogen and oxygen atoms in total. The molecule has 17 heavy (non-hydrogen) atoms. The van der Waals surface area contributed by atoms with Crippen LogP contribution in [0.15, 0.2) is 28.2 Å². The number of rotatable bonds is 6. The monoisotopic (exact) mass is 269 g/mol. The van der Waals surface area contributed by atoms with Crippen molar-refractivity contribution in [1.29, 1.82) is 0 Å². The highest BCUT2D eigenvalue weighted by Crippen LogP contribution is 2.26. The van der Waals surface area contributed by atoms with Crippen molar-refractivity contribution in [3.05, 3.63) is 29.5 Å². The van der Waals surface area contributed by atoms with Gasteiger partial charge < -0.3 is 9.52 Å². The quantitative estimate of drug-likeness (QED) is 0.873. The van der Waals surface area contributed by atoms with Gasteiger partial charge in [0.25, 0.3) is 0 Å². The van der Waals surface area contributed by atoms with Crippen LogP contribution in [0.2, 0.25) is 0 Å². The Bertz CT molecular complexity index is 439. The van der Waals surface area contributed by atoms with Crippen LogP contribution in [-0.2, 0) is 5.75 Å². The van der Waals surface area contributed by atoms with Crippen LogP contribution >= 0.6 is 23.1 Å². The summed E-state index contributed by atoms with van der Waals surface area (Å²) in [6.07, 6.45) is 2.54. The first-order chi connectivity index (χ1) is 8.29. The van der Waals surface area contributed by atoms with E-state index < -0.39 is 0 Å². The number of thiophene rings is 1. The predicted octanol–water partition coefficient (Wildman–Crippen LogP) is 3.41. The van der Waals surface area contributed by atoms with Crippen molar-refractivity contribution in [2.45, 2.75) is 24.3 Å². The molecule has 0 amide bonds. The molecule has 2 heterocycles. The highest BCUT2D eigenvalue weighted by Gasteiger charge is 2.09. The van der Waals surface area contributed by atoms with Crippen molar-refractivity contribution in [1.82, 2.24) is 4.98 Å². The normalized spacial score (nSPS) is 12.8. The van der Waals surface area contributed by atoms with Crippen molar-refractivity contribution in [3.8, 4) is 10.8 Å². The van der Waals surface area contributed by atoms with Gasteiger partial charge >= 0.3 is 0 Å². The van der Waals surface area contributed by atoms with Crippen LogP contribution in [0.5, 0.6) is 0 Å². The number of oxazole rings is 1. The molecule has 0 radical (unpaired) electrons. The highest BCUT2D eigenvalue weighted by atomic mass is 32.2. The molecule has 1 unspecified atom stereocenters. The van der Waals surface area contributed by atoms with Crippen LogP contribution < -0.4 is 0 Å². The van der Waals surface area contributed by atoms with E-state index in [9.17, 15) is 0 Å². The van der Waals surface area contributed by atoms with Gasteiger partial charge in [-0.1, -0.05) is 13.0 Å². The van der Waals surface area contributed by atoms with Crippen LogP contribution in [0, 0.1) is 0 Å². The Morgan fingerprint density at radius 3 is 3.18 bits per heavy atom. The van der Waals surface area contributed by atoms with Crippen molar-refractivity contribution in [3.63, 3.8) is 0 Å². The first kappa shape index (κ1) is 12.7. The Hall–Kier alpha value is -0.780. The molecule has 0 aliphatic heterocycles. The summed E-state index contributed by atoms with van der Waals surface area (Å²) in [5.41, 5.74) is 0.961. The minimum atomic E-state index is 0.243. The van der Waals surface area contributed by atoms with Gasteiger partial charge in [-0.2, -0.15) is 11.8 Å². The number of aliphatic hydroxyl groups excluding tert-OH is 1. The Labute approximate surface area is 109 Å². The number of aromatic nitrogens is 1. The fourth-order valence-corrected chi connectivity index (χ4v) is 2.89. The summed E-state index contributed by atoms with van der Waals surface area (Å²) in [6, 6.07) is 3.99. The fraction of sp³-hybridized carbons (Fsp3) is 0.417. The SMILES string of the molecule is CC(CCO)SCc1coc(-c2cccs2)n1. The zero-order chi connectivity index (χ0) is 12.1. The Morgan fingerprint density at radius 1 is 1.59 bits per heavy atom. The van der Waals surface area contributed by atoms with E-state index in [4.69, 9.17) is 9.52 Å². The standard InChI is InChI=1S/C12H15NO2S2/c1-9(4-5-14)17-8-10-7-15-12(13-10)11-3-2-6-16-11/h2-3,6-7,9,14H,4-5,8H2,1H3.